The first-order chi connectivity index (χ1) is 8.11. The number of nitrogens with zero attached hydrogens (tertiary/aromatic N) is 1. The summed E-state index contributed by atoms with van der Waals surface area (Å²) in [4.78, 5) is 23.7. The molecule has 0 unspecified atom stereocenters. The molecule has 100 valence electrons. The fourth-order valence-electron chi connectivity index (χ4n) is 1.51. The summed E-state index contributed by atoms with van der Waals surface area (Å²) < 4.78 is 4.86. The van der Waals surface area contributed by atoms with E-state index in [1.54, 1.807) is 6.92 Å². The Bertz CT molecular complexity index is 234. The maximum Gasteiger partial charge on any atom is 0.410 e. The second-order valence-corrected chi connectivity index (χ2v) is 4.31. The fraction of sp³-hybridized carbons (Fsp3) is 0.833. The smallest absolute Gasteiger partial charge is 0.410 e. The molecule has 0 heterocycles. The van der Waals surface area contributed by atoms with E-state index in [0.717, 1.165) is 19.3 Å². The van der Waals surface area contributed by atoms with Crippen LogP contribution >= 0.6 is 11.6 Å². The van der Waals surface area contributed by atoms with E-state index in [4.69, 9.17) is 16.3 Å². The molecule has 0 saturated carbocycles. The first-order valence-electron chi connectivity index (χ1n) is 6.21. The van der Waals surface area contributed by atoms with E-state index in [2.05, 4.69) is 6.92 Å². The lowest BCUT2D eigenvalue weighted by molar-refractivity contribution is -0.112. The third kappa shape index (κ3) is 8.98. The van der Waals surface area contributed by atoms with E-state index in [1.807, 2.05) is 0 Å². The third-order valence-corrected chi connectivity index (χ3v) is 2.49. The van der Waals surface area contributed by atoms with Gasteiger partial charge >= 0.3 is 6.09 Å². The van der Waals surface area contributed by atoms with E-state index in [1.165, 1.54) is 17.7 Å². The van der Waals surface area contributed by atoms with Crippen molar-refractivity contribution in [1.82, 2.24) is 4.90 Å². The monoisotopic (exact) mass is 263 g/mol. The van der Waals surface area contributed by atoms with E-state index in [-0.39, 0.29) is 6.54 Å². The molecule has 5 heteroatoms. The number of unbranched alkanes of at least 4 members (excludes halogenated alkanes) is 4. The highest BCUT2D eigenvalue weighted by atomic mass is 35.5. The molecular formula is C12H22ClNO3. The zero-order valence-corrected chi connectivity index (χ0v) is 11.5. The second-order valence-electron chi connectivity index (χ2n) is 3.89. The molecule has 0 aliphatic carbocycles. The number of rotatable bonds is 9. The fourth-order valence-corrected chi connectivity index (χ4v) is 1.65. The van der Waals surface area contributed by atoms with Gasteiger partial charge in [0.05, 0.1) is 13.2 Å². The van der Waals surface area contributed by atoms with Crippen molar-refractivity contribution in [2.75, 3.05) is 19.7 Å². The molecule has 4 nitrogen and oxygen atoms in total. The van der Waals surface area contributed by atoms with Crippen LogP contribution in [0.5, 0.6) is 0 Å². The van der Waals surface area contributed by atoms with Gasteiger partial charge in [0.15, 0.2) is 0 Å². The molecular weight excluding hydrogens is 242 g/mol. The van der Waals surface area contributed by atoms with Crippen molar-refractivity contribution in [1.29, 1.82) is 0 Å². The zero-order chi connectivity index (χ0) is 13.1. The molecule has 17 heavy (non-hydrogen) atoms. The Kier molecular flexibility index (Phi) is 9.92. The number of hydrogen-bond donors (Lipinski definition) is 0. The third-order valence-electron chi connectivity index (χ3n) is 2.37. The van der Waals surface area contributed by atoms with Gasteiger partial charge in [0.25, 0.3) is 0 Å². The summed E-state index contributed by atoms with van der Waals surface area (Å²) in [6.07, 6.45) is 5.01. The molecule has 0 bridgehead atoms. The second kappa shape index (κ2) is 10.4. The van der Waals surface area contributed by atoms with Crippen molar-refractivity contribution >= 4 is 22.9 Å². The van der Waals surface area contributed by atoms with Gasteiger partial charge in [-0.1, -0.05) is 32.6 Å². The minimum Gasteiger partial charge on any atom is -0.450 e. The molecule has 0 aliphatic heterocycles. The molecule has 0 spiro atoms. The van der Waals surface area contributed by atoms with Crippen LogP contribution in [-0.4, -0.2) is 35.9 Å². The number of hydrogen-bond acceptors (Lipinski definition) is 3. The van der Waals surface area contributed by atoms with Gasteiger partial charge in [-0.15, -0.1) is 0 Å². The van der Waals surface area contributed by atoms with Gasteiger partial charge in [0, 0.05) is 6.54 Å². The Morgan fingerprint density at radius 2 is 1.76 bits per heavy atom. The van der Waals surface area contributed by atoms with Crippen LogP contribution in [0.4, 0.5) is 4.79 Å². The molecule has 0 saturated heterocycles. The lowest BCUT2D eigenvalue weighted by Crippen LogP contribution is -2.35. The van der Waals surface area contributed by atoms with Gasteiger partial charge in [0.2, 0.25) is 5.24 Å². The van der Waals surface area contributed by atoms with Crippen LogP contribution in [0.3, 0.4) is 0 Å². The van der Waals surface area contributed by atoms with Crippen molar-refractivity contribution in [3.05, 3.63) is 0 Å². The molecule has 0 aromatic heterocycles. The van der Waals surface area contributed by atoms with Gasteiger partial charge < -0.3 is 4.74 Å². The first kappa shape index (κ1) is 16.2. The van der Waals surface area contributed by atoms with E-state index in [9.17, 15) is 9.59 Å². The molecule has 0 aliphatic rings. The average molecular weight is 264 g/mol. The van der Waals surface area contributed by atoms with Crippen LogP contribution in [0.25, 0.3) is 0 Å². The van der Waals surface area contributed by atoms with Crippen molar-refractivity contribution in [2.45, 2.75) is 46.0 Å². The van der Waals surface area contributed by atoms with Gasteiger partial charge in [0.1, 0.15) is 0 Å². The summed E-state index contributed by atoms with van der Waals surface area (Å²) in [5, 5.41) is -0.536. The molecule has 0 rings (SSSR count). The number of amides is 1. The quantitative estimate of drug-likeness (QED) is 0.474. The molecule has 0 radical (unpaired) electrons. The first-order valence-corrected chi connectivity index (χ1v) is 6.59. The Morgan fingerprint density at radius 3 is 2.29 bits per heavy atom. The Morgan fingerprint density at radius 1 is 1.12 bits per heavy atom. The van der Waals surface area contributed by atoms with E-state index >= 15 is 0 Å². The standard InChI is InChI=1S/C12H22ClNO3/c1-3-5-6-7-8-9-14(10-11(13)15)12(16)17-4-2/h3-10H2,1-2H3. The van der Waals surface area contributed by atoms with Crippen LogP contribution < -0.4 is 0 Å². The van der Waals surface area contributed by atoms with Crippen LogP contribution in [0.15, 0.2) is 0 Å². The Balaban J connectivity index is 3.93. The van der Waals surface area contributed by atoms with Crippen LogP contribution in [0.2, 0.25) is 0 Å². The summed E-state index contributed by atoms with van der Waals surface area (Å²) in [5.41, 5.74) is 0. The maximum absolute atomic E-state index is 11.5. The summed E-state index contributed by atoms with van der Waals surface area (Å²) >= 11 is 5.29. The lowest BCUT2D eigenvalue weighted by Gasteiger charge is -2.19. The van der Waals surface area contributed by atoms with Gasteiger partial charge in [-0.05, 0) is 24.9 Å². The largest absolute Gasteiger partial charge is 0.450 e. The van der Waals surface area contributed by atoms with Crippen LogP contribution in [-0.2, 0) is 9.53 Å². The van der Waals surface area contributed by atoms with Crippen molar-refractivity contribution in [2.24, 2.45) is 0 Å². The highest BCUT2D eigenvalue weighted by Gasteiger charge is 2.16. The maximum atomic E-state index is 11.5. The minimum atomic E-state index is -0.536. The molecule has 0 aromatic rings. The molecule has 0 aromatic carbocycles. The topological polar surface area (TPSA) is 46.6 Å². The number of halogens is 1. The lowest BCUT2D eigenvalue weighted by atomic mass is 10.1. The van der Waals surface area contributed by atoms with Crippen molar-refractivity contribution in [3.63, 3.8) is 0 Å². The van der Waals surface area contributed by atoms with Crippen LogP contribution in [0, 0.1) is 0 Å². The van der Waals surface area contributed by atoms with Gasteiger partial charge in [-0.2, -0.15) is 0 Å². The van der Waals surface area contributed by atoms with E-state index < -0.39 is 11.3 Å². The zero-order valence-electron chi connectivity index (χ0n) is 10.7. The molecule has 0 fully saturated rings. The predicted octanol–water partition coefficient (Wildman–Crippen LogP) is 3.18. The van der Waals surface area contributed by atoms with Crippen LogP contribution in [0.1, 0.15) is 46.0 Å². The summed E-state index contributed by atoms with van der Waals surface area (Å²) in [6, 6.07) is 0. The SMILES string of the molecule is CCCCCCCN(CC(=O)Cl)C(=O)OCC. The van der Waals surface area contributed by atoms with Crippen molar-refractivity contribution in [3.8, 4) is 0 Å². The highest BCUT2D eigenvalue weighted by Crippen LogP contribution is 2.05. The van der Waals surface area contributed by atoms with Gasteiger partial charge in [-0.25, -0.2) is 4.79 Å². The van der Waals surface area contributed by atoms with Crippen molar-refractivity contribution < 1.29 is 14.3 Å². The summed E-state index contributed by atoms with van der Waals surface area (Å²) in [7, 11) is 0. The van der Waals surface area contributed by atoms with Gasteiger partial charge in [-0.3, -0.25) is 9.69 Å². The molecule has 1 amide bonds. The summed E-state index contributed by atoms with van der Waals surface area (Å²) in [5.74, 6) is 0. The van der Waals surface area contributed by atoms with E-state index in [0.29, 0.717) is 13.2 Å². The summed E-state index contributed by atoms with van der Waals surface area (Å²) in [6.45, 7) is 4.65. The minimum absolute atomic E-state index is 0.0752. The Labute approximate surface area is 108 Å². The number of ether oxygens (including phenoxy) is 1. The normalized spacial score (nSPS) is 10.1. The molecule has 0 atom stereocenters. The number of carbonyl (C=O) groups is 2. The Hall–Kier alpha value is -0.770. The number of carbonyl (C=O) groups excluding carboxylic acids is 2. The predicted molar refractivity (Wildman–Crippen MR) is 68.2 cm³/mol. The molecule has 0 N–H and O–H groups in total. The average Bonchev–Trinajstić information content (AvgIpc) is 2.27. The highest BCUT2D eigenvalue weighted by molar-refractivity contribution is 6.64.